The van der Waals surface area contributed by atoms with E-state index in [-0.39, 0.29) is 22.8 Å². The number of aryl methyl sites for hydroxylation is 3. The zero-order valence-electron chi connectivity index (χ0n) is 16.6. The molecule has 1 aromatic carbocycles. The highest BCUT2D eigenvalue weighted by Gasteiger charge is 2.16. The zero-order chi connectivity index (χ0) is 21.9. The van der Waals surface area contributed by atoms with Crippen LogP contribution in [0.25, 0.3) is 0 Å². The summed E-state index contributed by atoms with van der Waals surface area (Å²) in [6.45, 7) is 4.89. The fourth-order valence-corrected chi connectivity index (χ4v) is 3.67. The monoisotopic (exact) mass is 428 g/mol. The fourth-order valence-electron chi connectivity index (χ4n) is 2.67. The van der Waals surface area contributed by atoms with Crippen LogP contribution in [0.3, 0.4) is 0 Å². The Kier molecular flexibility index (Phi) is 5.92. The van der Waals surface area contributed by atoms with E-state index in [9.17, 15) is 18.0 Å². The van der Waals surface area contributed by atoms with E-state index in [0.717, 1.165) is 0 Å². The third-order valence-corrected chi connectivity index (χ3v) is 5.35. The molecule has 156 valence electrons. The molecule has 0 spiro atoms. The molecule has 0 bridgehead atoms. The van der Waals surface area contributed by atoms with Crippen molar-refractivity contribution < 1.29 is 13.2 Å². The molecule has 2 N–H and O–H groups in total. The number of benzene rings is 1. The van der Waals surface area contributed by atoms with Gasteiger partial charge in [0.25, 0.3) is 15.6 Å². The van der Waals surface area contributed by atoms with E-state index in [1.54, 1.807) is 20.8 Å². The van der Waals surface area contributed by atoms with Crippen molar-refractivity contribution in [2.45, 2.75) is 32.2 Å². The molecule has 0 atom stereocenters. The molecule has 0 fully saturated rings. The third kappa shape index (κ3) is 5.26. The van der Waals surface area contributed by atoms with Crippen molar-refractivity contribution >= 4 is 27.4 Å². The summed E-state index contributed by atoms with van der Waals surface area (Å²) in [5.41, 5.74) is 1.26. The number of sulfonamides is 1. The molecule has 30 heavy (non-hydrogen) atoms. The maximum Gasteiger partial charge on any atom is 0.263 e. The van der Waals surface area contributed by atoms with Crippen LogP contribution in [-0.2, 0) is 21.4 Å². The molecule has 0 aliphatic rings. The first-order valence-electron chi connectivity index (χ1n) is 8.90. The summed E-state index contributed by atoms with van der Waals surface area (Å²) in [7, 11) is -3.86. The van der Waals surface area contributed by atoms with E-state index in [1.165, 1.54) is 47.3 Å². The zero-order valence-corrected chi connectivity index (χ0v) is 17.4. The van der Waals surface area contributed by atoms with Crippen LogP contribution in [0.4, 0.5) is 11.5 Å². The quantitative estimate of drug-likeness (QED) is 0.605. The summed E-state index contributed by atoms with van der Waals surface area (Å²) in [5.74, 6) is 0.187. The first kappa shape index (κ1) is 21.1. The predicted octanol–water partition coefficient (Wildman–Crippen LogP) is 1.40. The van der Waals surface area contributed by atoms with Crippen LogP contribution >= 0.6 is 0 Å². The van der Waals surface area contributed by atoms with Crippen LogP contribution in [0.1, 0.15) is 17.2 Å². The van der Waals surface area contributed by atoms with Gasteiger partial charge in [0, 0.05) is 29.2 Å². The highest BCUT2D eigenvalue weighted by atomic mass is 32.2. The maximum atomic E-state index is 12.6. The lowest BCUT2D eigenvalue weighted by Gasteiger charge is -2.10. The number of rotatable bonds is 6. The SMILES string of the molecule is Cc1cc(=O)n(CC(=O)Nc2ccc(S(=O)(=O)Nc3cc(C)nc(C)n3)cc2)cn1. The van der Waals surface area contributed by atoms with Gasteiger partial charge in [-0.15, -0.1) is 0 Å². The van der Waals surface area contributed by atoms with Crippen molar-refractivity contribution in [1.82, 2.24) is 19.5 Å². The molecule has 1 amide bonds. The Morgan fingerprint density at radius 2 is 1.73 bits per heavy atom. The normalized spacial score (nSPS) is 11.2. The minimum Gasteiger partial charge on any atom is -0.325 e. The van der Waals surface area contributed by atoms with E-state index in [4.69, 9.17) is 0 Å². The molecule has 3 aromatic rings. The van der Waals surface area contributed by atoms with Crippen molar-refractivity contribution in [2.75, 3.05) is 10.0 Å². The van der Waals surface area contributed by atoms with Gasteiger partial charge in [0.1, 0.15) is 18.2 Å². The number of nitrogens with zero attached hydrogens (tertiary/aromatic N) is 4. The Morgan fingerprint density at radius 1 is 1.03 bits per heavy atom. The van der Waals surface area contributed by atoms with Crippen LogP contribution in [-0.4, -0.2) is 33.8 Å². The van der Waals surface area contributed by atoms with Gasteiger partial charge in [0.15, 0.2) is 0 Å². The van der Waals surface area contributed by atoms with Gasteiger partial charge < -0.3 is 5.32 Å². The maximum absolute atomic E-state index is 12.6. The van der Waals surface area contributed by atoms with E-state index in [1.807, 2.05) is 0 Å². The number of aromatic nitrogens is 4. The highest BCUT2D eigenvalue weighted by molar-refractivity contribution is 7.92. The Hall–Kier alpha value is -3.60. The number of carbonyl (C=O) groups is 1. The average Bonchev–Trinajstić information content (AvgIpc) is 2.63. The summed E-state index contributed by atoms with van der Waals surface area (Å²) in [4.78, 5) is 36.2. The van der Waals surface area contributed by atoms with E-state index in [2.05, 4.69) is 25.0 Å². The van der Waals surface area contributed by atoms with Crippen molar-refractivity contribution in [2.24, 2.45) is 0 Å². The molecule has 11 heteroatoms. The summed E-state index contributed by atoms with van der Waals surface area (Å²) < 4.78 is 28.7. The second kappa shape index (κ2) is 8.41. The molecule has 3 rings (SSSR count). The fraction of sp³-hybridized carbons (Fsp3) is 0.211. The van der Waals surface area contributed by atoms with Gasteiger partial charge in [-0.2, -0.15) is 0 Å². The Labute approximate surface area is 173 Å². The van der Waals surface area contributed by atoms with Gasteiger partial charge in [-0.3, -0.25) is 18.9 Å². The molecule has 2 heterocycles. The van der Waals surface area contributed by atoms with Crippen molar-refractivity contribution in [3.8, 4) is 0 Å². The first-order chi connectivity index (χ1) is 14.1. The van der Waals surface area contributed by atoms with Gasteiger partial charge in [-0.25, -0.2) is 23.4 Å². The Morgan fingerprint density at radius 3 is 2.37 bits per heavy atom. The molecular formula is C19H20N6O4S. The third-order valence-electron chi connectivity index (χ3n) is 3.98. The molecule has 0 saturated heterocycles. The molecule has 0 unspecified atom stereocenters. The highest BCUT2D eigenvalue weighted by Crippen LogP contribution is 2.18. The van der Waals surface area contributed by atoms with Crippen LogP contribution in [0.15, 0.2) is 52.4 Å². The second-order valence-electron chi connectivity index (χ2n) is 6.62. The largest absolute Gasteiger partial charge is 0.325 e. The summed E-state index contributed by atoms with van der Waals surface area (Å²) >= 11 is 0. The summed E-state index contributed by atoms with van der Waals surface area (Å²) in [6, 6.07) is 8.50. The lowest BCUT2D eigenvalue weighted by Crippen LogP contribution is -2.27. The Balaban J connectivity index is 1.69. The number of amides is 1. The molecule has 10 nitrogen and oxygen atoms in total. The second-order valence-corrected chi connectivity index (χ2v) is 8.30. The average molecular weight is 428 g/mol. The molecule has 0 aliphatic carbocycles. The van der Waals surface area contributed by atoms with E-state index < -0.39 is 15.9 Å². The molecule has 0 radical (unpaired) electrons. The van der Waals surface area contributed by atoms with Gasteiger partial charge in [-0.05, 0) is 45.0 Å². The van der Waals surface area contributed by atoms with E-state index in [0.29, 0.717) is 22.9 Å². The lowest BCUT2D eigenvalue weighted by atomic mass is 10.3. The van der Waals surface area contributed by atoms with Crippen molar-refractivity contribution in [1.29, 1.82) is 0 Å². The smallest absolute Gasteiger partial charge is 0.263 e. The topological polar surface area (TPSA) is 136 Å². The number of nitrogens with one attached hydrogen (secondary N) is 2. The summed E-state index contributed by atoms with van der Waals surface area (Å²) in [5, 5.41) is 2.61. The number of carbonyl (C=O) groups excluding carboxylic acids is 1. The Bertz CT molecular complexity index is 1230. The number of hydrogen-bond donors (Lipinski definition) is 2. The van der Waals surface area contributed by atoms with Gasteiger partial charge in [0.05, 0.1) is 11.2 Å². The lowest BCUT2D eigenvalue weighted by molar-refractivity contribution is -0.116. The van der Waals surface area contributed by atoms with Crippen molar-refractivity contribution in [3.63, 3.8) is 0 Å². The predicted molar refractivity (Wildman–Crippen MR) is 111 cm³/mol. The minimum absolute atomic E-state index is 0.00775. The standard InChI is InChI=1S/C19H20N6O4S/c1-12-9-19(27)25(11-20-12)10-18(26)23-15-4-6-16(7-5-15)30(28,29)24-17-8-13(2)21-14(3)22-17/h4-9,11H,10H2,1-3H3,(H,23,26)(H,21,22,24). The van der Waals surface area contributed by atoms with Gasteiger partial charge >= 0.3 is 0 Å². The summed E-state index contributed by atoms with van der Waals surface area (Å²) in [6.07, 6.45) is 1.30. The first-order valence-corrected chi connectivity index (χ1v) is 10.4. The molecule has 0 saturated carbocycles. The van der Waals surface area contributed by atoms with Gasteiger partial charge in [0.2, 0.25) is 5.91 Å². The number of anilines is 2. The van der Waals surface area contributed by atoms with Crippen LogP contribution in [0.5, 0.6) is 0 Å². The van der Waals surface area contributed by atoms with Gasteiger partial charge in [-0.1, -0.05) is 0 Å². The molecular weight excluding hydrogens is 408 g/mol. The van der Waals surface area contributed by atoms with Crippen LogP contribution < -0.4 is 15.6 Å². The van der Waals surface area contributed by atoms with Crippen molar-refractivity contribution in [3.05, 3.63) is 70.3 Å². The van der Waals surface area contributed by atoms with E-state index >= 15 is 0 Å². The number of hydrogen-bond acceptors (Lipinski definition) is 7. The van der Waals surface area contributed by atoms with Crippen LogP contribution in [0.2, 0.25) is 0 Å². The molecule has 2 aromatic heterocycles. The minimum atomic E-state index is -3.86. The van der Waals surface area contributed by atoms with Crippen LogP contribution in [0, 0.1) is 20.8 Å². The molecule has 0 aliphatic heterocycles.